The Morgan fingerprint density at radius 2 is 1.92 bits per heavy atom. The van der Waals surface area contributed by atoms with Crippen LogP contribution in [0.25, 0.3) is 0 Å². The second-order valence-electron chi connectivity index (χ2n) is 7.09. The first-order valence-electron chi connectivity index (χ1n) is 8.92. The van der Waals surface area contributed by atoms with Crippen molar-refractivity contribution in [3.05, 3.63) is 48.2 Å². The summed E-state index contributed by atoms with van der Waals surface area (Å²) in [6.07, 6.45) is 2.38. The van der Waals surface area contributed by atoms with Crippen LogP contribution < -0.4 is 9.80 Å². The number of hydrogen-bond acceptors (Lipinski definition) is 6. The minimum Gasteiger partial charge on any atom is -0.350 e. The van der Waals surface area contributed by atoms with E-state index in [9.17, 15) is 8.42 Å². The zero-order valence-corrected chi connectivity index (χ0v) is 16.4. The van der Waals surface area contributed by atoms with Gasteiger partial charge in [-0.15, -0.1) is 0 Å². The van der Waals surface area contributed by atoms with Crippen LogP contribution in [0.4, 0.5) is 11.8 Å². The number of benzene rings is 1. The molecular formula is C19H26N4O2S. The minimum atomic E-state index is -2.94. The molecule has 2 aromatic rings. The van der Waals surface area contributed by atoms with E-state index in [0.717, 1.165) is 12.4 Å². The molecule has 0 bridgehead atoms. The Kier molecular flexibility index (Phi) is 5.46. The number of aromatic nitrogens is 2. The maximum Gasteiger partial charge on any atom is 0.227 e. The van der Waals surface area contributed by atoms with E-state index in [2.05, 4.69) is 35.9 Å². The van der Waals surface area contributed by atoms with E-state index in [4.69, 9.17) is 4.98 Å². The normalized spacial score (nSPS) is 18.8. The molecule has 1 aromatic carbocycles. The lowest BCUT2D eigenvalue weighted by molar-refractivity contribution is 0.600. The number of anilines is 2. The molecule has 1 fully saturated rings. The van der Waals surface area contributed by atoms with Gasteiger partial charge in [-0.3, -0.25) is 0 Å². The van der Waals surface area contributed by atoms with Crippen molar-refractivity contribution in [3.8, 4) is 0 Å². The number of rotatable bonds is 6. The highest BCUT2D eigenvalue weighted by Gasteiger charge is 2.32. The van der Waals surface area contributed by atoms with Gasteiger partial charge in [0, 0.05) is 31.9 Å². The first-order chi connectivity index (χ1) is 12.4. The molecule has 0 aliphatic carbocycles. The summed E-state index contributed by atoms with van der Waals surface area (Å²) in [5, 5.41) is 0. The molecule has 2 heterocycles. The maximum atomic E-state index is 11.8. The van der Waals surface area contributed by atoms with Crippen LogP contribution in [0.15, 0.2) is 42.6 Å². The molecule has 1 aliphatic heterocycles. The third-order valence-electron chi connectivity index (χ3n) is 4.81. The highest BCUT2D eigenvalue weighted by Crippen LogP contribution is 2.23. The number of sulfone groups is 1. The standard InChI is InChI=1S/C19H26N4O2S/c1-15(2)23(13-16-7-5-4-6-8-16)18-9-11-20-19(21-18)22(3)17-10-12-26(24,25)14-17/h4-9,11,15,17H,10,12-14H2,1-3H3. The predicted molar refractivity (Wildman–Crippen MR) is 105 cm³/mol. The van der Waals surface area contributed by atoms with Crippen molar-refractivity contribution in [2.45, 2.75) is 38.9 Å². The van der Waals surface area contributed by atoms with Crippen LogP contribution in [0.1, 0.15) is 25.8 Å². The van der Waals surface area contributed by atoms with Crippen LogP contribution in [0.3, 0.4) is 0 Å². The zero-order chi connectivity index (χ0) is 18.7. The summed E-state index contributed by atoms with van der Waals surface area (Å²) in [4.78, 5) is 13.2. The number of nitrogens with zero attached hydrogens (tertiary/aromatic N) is 4. The van der Waals surface area contributed by atoms with Crippen LogP contribution in [0.2, 0.25) is 0 Å². The lowest BCUT2D eigenvalue weighted by Gasteiger charge is -2.30. The molecule has 7 heteroatoms. The second-order valence-corrected chi connectivity index (χ2v) is 9.32. The zero-order valence-electron chi connectivity index (χ0n) is 15.5. The van der Waals surface area contributed by atoms with E-state index in [1.54, 1.807) is 6.20 Å². The molecule has 140 valence electrons. The third kappa shape index (κ3) is 4.33. The summed E-state index contributed by atoms with van der Waals surface area (Å²) in [7, 11) is -1.06. The van der Waals surface area contributed by atoms with Gasteiger partial charge in [0.2, 0.25) is 5.95 Å². The van der Waals surface area contributed by atoms with Gasteiger partial charge >= 0.3 is 0 Å². The van der Waals surface area contributed by atoms with Crippen molar-refractivity contribution < 1.29 is 8.42 Å². The summed E-state index contributed by atoms with van der Waals surface area (Å²) in [6, 6.07) is 12.4. The lowest BCUT2D eigenvalue weighted by Crippen LogP contribution is -2.35. The fraction of sp³-hybridized carbons (Fsp3) is 0.474. The van der Waals surface area contributed by atoms with E-state index in [1.807, 2.05) is 36.2 Å². The van der Waals surface area contributed by atoms with Crippen LogP contribution >= 0.6 is 0 Å². The summed E-state index contributed by atoms with van der Waals surface area (Å²) in [6.45, 7) is 5.03. The Labute approximate surface area is 155 Å². The molecule has 3 rings (SSSR count). The number of hydrogen-bond donors (Lipinski definition) is 0. The van der Waals surface area contributed by atoms with Crippen molar-refractivity contribution >= 4 is 21.6 Å². The molecule has 0 N–H and O–H groups in total. The average molecular weight is 375 g/mol. The van der Waals surface area contributed by atoms with E-state index >= 15 is 0 Å². The molecule has 1 aromatic heterocycles. The van der Waals surface area contributed by atoms with Gasteiger partial charge in [-0.05, 0) is 31.9 Å². The van der Waals surface area contributed by atoms with Crippen LogP contribution in [-0.4, -0.2) is 49.0 Å². The van der Waals surface area contributed by atoms with Gasteiger partial charge in [-0.25, -0.2) is 13.4 Å². The monoisotopic (exact) mass is 374 g/mol. The van der Waals surface area contributed by atoms with Gasteiger partial charge in [-0.1, -0.05) is 30.3 Å². The van der Waals surface area contributed by atoms with Crippen molar-refractivity contribution in [2.75, 3.05) is 28.4 Å². The summed E-state index contributed by atoms with van der Waals surface area (Å²) in [5.41, 5.74) is 1.22. The van der Waals surface area contributed by atoms with Crippen LogP contribution in [0.5, 0.6) is 0 Å². The molecule has 1 atom stereocenters. The minimum absolute atomic E-state index is 0.0585. The fourth-order valence-corrected chi connectivity index (χ4v) is 5.00. The first kappa shape index (κ1) is 18.6. The van der Waals surface area contributed by atoms with Crippen molar-refractivity contribution in [1.29, 1.82) is 0 Å². The quantitative estimate of drug-likeness (QED) is 0.774. The Bertz CT molecular complexity index is 840. The summed E-state index contributed by atoms with van der Waals surface area (Å²) >= 11 is 0. The smallest absolute Gasteiger partial charge is 0.227 e. The van der Waals surface area contributed by atoms with Crippen molar-refractivity contribution in [1.82, 2.24) is 9.97 Å². The van der Waals surface area contributed by atoms with E-state index in [0.29, 0.717) is 12.4 Å². The third-order valence-corrected chi connectivity index (χ3v) is 6.56. The van der Waals surface area contributed by atoms with E-state index in [-0.39, 0.29) is 23.6 Å². The maximum absolute atomic E-state index is 11.8. The lowest BCUT2D eigenvalue weighted by atomic mass is 10.2. The molecule has 0 spiro atoms. The second kappa shape index (κ2) is 7.61. The summed E-state index contributed by atoms with van der Waals surface area (Å²) in [5.74, 6) is 1.84. The van der Waals surface area contributed by atoms with Gasteiger partial charge < -0.3 is 9.80 Å². The highest BCUT2D eigenvalue weighted by molar-refractivity contribution is 7.91. The van der Waals surface area contributed by atoms with Gasteiger partial charge in [0.05, 0.1) is 11.5 Å². The Morgan fingerprint density at radius 3 is 2.54 bits per heavy atom. The molecule has 1 aliphatic rings. The molecule has 0 saturated carbocycles. The first-order valence-corrected chi connectivity index (χ1v) is 10.7. The molecule has 1 unspecified atom stereocenters. The molecule has 0 amide bonds. The largest absolute Gasteiger partial charge is 0.350 e. The fourth-order valence-electron chi connectivity index (χ4n) is 3.22. The molecule has 1 saturated heterocycles. The van der Waals surface area contributed by atoms with Gasteiger partial charge in [0.1, 0.15) is 5.82 Å². The molecule has 0 radical (unpaired) electrons. The average Bonchev–Trinajstić information content (AvgIpc) is 2.99. The molecular weight excluding hydrogens is 348 g/mol. The van der Waals surface area contributed by atoms with E-state index < -0.39 is 9.84 Å². The van der Waals surface area contributed by atoms with Crippen molar-refractivity contribution in [2.24, 2.45) is 0 Å². The van der Waals surface area contributed by atoms with Crippen LogP contribution in [-0.2, 0) is 16.4 Å². The van der Waals surface area contributed by atoms with Gasteiger partial charge in [0.15, 0.2) is 9.84 Å². The predicted octanol–water partition coefficient (Wildman–Crippen LogP) is 2.51. The SMILES string of the molecule is CC(C)N(Cc1ccccc1)c1ccnc(N(C)C2CCS(=O)(=O)C2)n1. The van der Waals surface area contributed by atoms with Gasteiger partial charge in [-0.2, -0.15) is 4.98 Å². The molecule has 26 heavy (non-hydrogen) atoms. The van der Waals surface area contributed by atoms with Crippen LogP contribution in [0, 0.1) is 0 Å². The Balaban J connectivity index is 1.82. The Morgan fingerprint density at radius 1 is 1.19 bits per heavy atom. The summed E-state index contributed by atoms with van der Waals surface area (Å²) < 4.78 is 23.5. The molecule has 6 nitrogen and oxygen atoms in total. The van der Waals surface area contributed by atoms with Crippen molar-refractivity contribution in [3.63, 3.8) is 0 Å². The van der Waals surface area contributed by atoms with Gasteiger partial charge in [0.25, 0.3) is 0 Å². The highest BCUT2D eigenvalue weighted by atomic mass is 32.2. The topological polar surface area (TPSA) is 66.4 Å². The van der Waals surface area contributed by atoms with E-state index in [1.165, 1.54) is 5.56 Å². The Hall–Kier alpha value is -2.15.